The molecule has 0 nitrogen and oxygen atoms in total. The maximum absolute atomic E-state index is 3.71. The molecular formula is C9H10Si. The van der Waals surface area contributed by atoms with Crippen molar-refractivity contribution >= 4 is 20.8 Å². The molecule has 0 saturated heterocycles. The Balaban J connectivity index is 2.98. The highest BCUT2D eigenvalue weighted by molar-refractivity contribution is 6.51. The zero-order chi connectivity index (χ0) is 7.40. The molecule has 0 atom stereocenters. The summed E-state index contributed by atoms with van der Waals surface area (Å²) in [7, 11) is 0.882. The first kappa shape index (κ1) is 7.29. The Kier molecular flexibility index (Phi) is 2.46. The maximum atomic E-state index is 3.71. The zero-order valence-electron chi connectivity index (χ0n) is 6.09. The number of hydrogen-bond acceptors (Lipinski definition) is 0. The van der Waals surface area contributed by atoms with Gasteiger partial charge in [0.25, 0.3) is 0 Å². The average Bonchev–Trinajstić information content (AvgIpc) is 2.05. The predicted octanol–water partition coefficient (Wildman–Crippen LogP) is 1.71. The maximum Gasteiger partial charge on any atom is 0.0773 e. The van der Waals surface area contributed by atoms with Crippen molar-refractivity contribution in [2.45, 2.75) is 6.55 Å². The van der Waals surface area contributed by atoms with Gasteiger partial charge in [0.15, 0.2) is 0 Å². The minimum absolute atomic E-state index is 0.882. The second kappa shape index (κ2) is 3.37. The standard InChI is InChI=1S/C9H10Si/c1-3-8-5-4-6-9(7-8)10-2/h3-7H,1H2,2H3. The lowest BCUT2D eigenvalue weighted by Crippen LogP contribution is -2.09. The van der Waals surface area contributed by atoms with E-state index in [1.807, 2.05) is 6.08 Å². The van der Waals surface area contributed by atoms with Gasteiger partial charge in [0, 0.05) is 0 Å². The third-order valence-corrected chi connectivity index (χ3v) is 2.30. The van der Waals surface area contributed by atoms with Gasteiger partial charge in [-0.2, -0.15) is 0 Å². The molecule has 2 radical (unpaired) electrons. The molecule has 0 spiro atoms. The summed E-state index contributed by atoms with van der Waals surface area (Å²) >= 11 is 0. The van der Waals surface area contributed by atoms with Crippen molar-refractivity contribution < 1.29 is 0 Å². The lowest BCUT2D eigenvalue weighted by molar-refractivity contribution is 1.71. The van der Waals surface area contributed by atoms with Gasteiger partial charge in [-0.05, 0) is 5.56 Å². The van der Waals surface area contributed by atoms with E-state index in [4.69, 9.17) is 0 Å². The van der Waals surface area contributed by atoms with Crippen molar-refractivity contribution in [1.29, 1.82) is 0 Å². The third-order valence-electron chi connectivity index (χ3n) is 1.41. The molecule has 0 aliphatic heterocycles. The van der Waals surface area contributed by atoms with Crippen molar-refractivity contribution in [2.75, 3.05) is 0 Å². The molecule has 0 heterocycles. The summed E-state index contributed by atoms with van der Waals surface area (Å²) in [5.41, 5.74) is 1.21. The molecule has 0 aromatic heterocycles. The van der Waals surface area contributed by atoms with Crippen molar-refractivity contribution in [3.05, 3.63) is 36.4 Å². The molecule has 0 fully saturated rings. The fourth-order valence-electron chi connectivity index (χ4n) is 0.821. The topological polar surface area (TPSA) is 0 Å². The van der Waals surface area contributed by atoms with E-state index < -0.39 is 0 Å². The fraction of sp³-hybridized carbons (Fsp3) is 0.111. The van der Waals surface area contributed by atoms with Crippen LogP contribution in [-0.2, 0) is 0 Å². The molecule has 0 aliphatic rings. The second-order valence-electron chi connectivity index (χ2n) is 2.08. The van der Waals surface area contributed by atoms with E-state index in [0.29, 0.717) is 0 Å². The zero-order valence-corrected chi connectivity index (χ0v) is 7.09. The summed E-state index contributed by atoms with van der Waals surface area (Å²) in [5.74, 6) is 0. The van der Waals surface area contributed by atoms with Gasteiger partial charge in [0.2, 0.25) is 0 Å². The fourth-order valence-corrected chi connectivity index (χ4v) is 1.40. The van der Waals surface area contributed by atoms with Crippen LogP contribution >= 0.6 is 0 Å². The van der Waals surface area contributed by atoms with E-state index in [9.17, 15) is 0 Å². The van der Waals surface area contributed by atoms with Gasteiger partial charge < -0.3 is 0 Å². The summed E-state index contributed by atoms with van der Waals surface area (Å²) in [6, 6.07) is 8.45. The van der Waals surface area contributed by atoms with E-state index in [0.717, 1.165) is 9.52 Å². The van der Waals surface area contributed by atoms with Crippen LogP contribution in [0.4, 0.5) is 0 Å². The highest BCUT2D eigenvalue weighted by atomic mass is 28.2. The number of hydrogen-bond donors (Lipinski definition) is 0. The third kappa shape index (κ3) is 1.58. The molecule has 1 heteroatoms. The smallest absolute Gasteiger partial charge is 0.0773 e. The Hall–Kier alpha value is -0.823. The molecule has 50 valence electrons. The van der Waals surface area contributed by atoms with E-state index >= 15 is 0 Å². The number of benzene rings is 1. The molecule has 1 aromatic carbocycles. The minimum Gasteiger partial charge on any atom is -0.0985 e. The van der Waals surface area contributed by atoms with Gasteiger partial charge in [-0.25, -0.2) is 0 Å². The summed E-state index contributed by atoms with van der Waals surface area (Å²) in [5, 5.41) is 1.40. The van der Waals surface area contributed by atoms with Gasteiger partial charge in [-0.15, -0.1) is 0 Å². The van der Waals surface area contributed by atoms with Gasteiger partial charge in [0.05, 0.1) is 9.52 Å². The molecule has 0 aliphatic carbocycles. The van der Waals surface area contributed by atoms with Crippen LogP contribution in [0, 0.1) is 0 Å². The Morgan fingerprint density at radius 1 is 1.50 bits per heavy atom. The van der Waals surface area contributed by atoms with E-state index in [1.54, 1.807) is 0 Å². The van der Waals surface area contributed by atoms with Crippen LogP contribution in [0.15, 0.2) is 30.8 Å². The van der Waals surface area contributed by atoms with Crippen molar-refractivity contribution in [2.24, 2.45) is 0 Å². The summed E-state index contributed by atoms with van der Waals surface area (Å²) < 4.78 is 0. The largest absolute Gasteiger partial charge is 0.0985 e. The van der Waals surface area contributed by atoms with Gasteiger partial charge in [-0.3, -0.25) is 0 Å². The normalized spacial score (nSPS) is 9.30. The van der Waals surface area contributed by atoms with E-state index in [-0.39, 0.29) is 0 Å². The van der Waals surface area contributed by atoms with Crippen LogP contribution in [0.5, 0.6) is 0 Å². The van der Waals surface area contributed by atoms with Crippen molar-refractivity contribution in [1.82, 2.24) is 0 Å². The molecule has 10 heavy (non-hydrogen) atoms. The van der Waals surface area contributed by atoms with Crippen LogP contribution in [0.2, 0.25) is 6.55 Å². The van der Waals surface area contributed by atoms with Crippen LogP contribution in [0.3, 0.4) is 0 Å². The Morgan fingerprint density at radius 2 is 2.30 bits per heavy atom. The molecule has 0 amide bonds. The number of rotatable bonds is 2. The van der Waals surface area contributed by atoms with Crippen LogP contribution in [0.25, 0.3) is 6.08 Å². The Morgan fingerprint density at radius 3 is 2.90 bits per heavy atom. The Labute approximate surface area is 64.4 Å². The van der Waals surface area contributed by atoms with Gasteiger partial charge >= 0.3 is 0 Å². The first-order chi connectivity index (χ1) is 4.86. The second-order valence-corrected chi connectivity index (χ2v) is 3.16. The van der Waals surface area contributed by atoms with Crippen molar-refractivity contribution in [3.63, 3.8) is 0 Å². The molecule has 1 rings (SSSR count). The molecule has 0 bridgehead atoms. The van der Waals surface area contributed by atoms with Gasteiger partial charge in [0.1, 0.15) is 0 Å². The highest BCUT2D eigenvalue weighted by Gasteiger charge is 1.88. The monoisotopic (exact) mass is 146 g/mol. The van der Waals surface area contributed by atoms with Crippen LogP contribution < -0.4 is 5.19 Å². The van der Waals surface area contributed by atoms with Crippen LogP contribution in [-0.4, -0.2) is 9.52 Å². The summed E-state index contributed by atoms with van der Waals surface area (Å²) in [6.07, 6.45) is 1.88. The van der Waals surface area contributed by atoms with Gasteiger partial charge in [-0.1, -0.05) is 48.7 Å². The van der Waals surface area contributed by atoms with E-state index in [1.165, 1.54) is 10.8 Å². The first-order valence-electron chi connectivity index (χ1n) is 3.27. The molecule has 0 saturated carbocycles. The molecule has 0 N–H and O–H groups in total. The minimum atomic E-state index is 0.882. The molecule has 1 aromatic rings. The quantitative estimate of drug-likeness (QED) is 0.557. The highest BCUT2D eigenvalue weighted by Crippen LogP contribution is 1.96. The Bertz CT molecular complexity index is 228. The lowest BCUT2D eigenvalue weighted by atomic mass is 10.2. The van der Waals surface area contributed by atoms with Crippen LogP contribution in [0.1, 0.15) is 5.56 Å². The predicted molar refractivity (Wildman–Crippen MR) is 47.8 cm³/mol. The molecular weight excluding hydrogens is 136 g/mol. The summed E-state index contributed by atoms with van der Waals surface area (Å²) in [4.78, 5) is 0. The van der Waals surface area contributed by atoms with E-state index in [2.05, 4.69) is 37.4 Å². The average molecular weight is 146 g/mol. The first-order valence-corrected chi connectivity index (χ1v) is 4.77. The van der Waals surface area contributed by atoms with Crippen molar-refractivity contribution in [3.8, 4) is 0 Å². The molecule has 0 unspecified atom stereocenters. The lowest BCUT2D eigenvalue weighted by Gasteiger charge is -1.95. The SMILES string of the molecule is C=Cc1cccc([Si]C)c1. The summed E-state index contributed by atoms with van der Waals surface area (Å²) in [6.45, 7) is 5.89.